The van der Waals surface area contributed by atoms with Crippen molar-refractivity contribution in [3.05, 3.63) is 23.8 Å². The van der Waals surface area contributed by atoms with E-state index in [0.29, 0.717) is 18.2 Å². The fourth-order valence-corrected chi connectivity index (χ4v) is 5.25. The zero-order chi connectivity index (χ0) is 15.2. The minimum absolute atomic E-state index is 0.000253. The average molecular weight is 310 g/mol. The van der Waals surface area contributed by atoms with E-state index in [-0.39, 0.29) is 16.5 Å². The maximum atomic E-state index is 12.9. The van der Waals surface area contributed by atoms with Crippen molar-refractivity contribution in [2.24, 2.45) is 5.92 Å². The Morgan fingerprint density at radius 1 is 1.38 bits per heavy atom. The van der Waals surface area contributed by atoms with E-state index in [1.165, 1.54) is 29.6 Å². The van der Waals surface area contributed by atoms with E-state index in [9.17, 15) is 13.2 Å². The number of carbonyl (C=O) groups is 1. The third-order valence-corrected chi connectivity index (χ3v) is 6.33. The van der Waals surface area contributed by atoms with Gasteiger partial charge in [-0.2, -0.15) is 4.31 Å². The summed E-state index contributed by atoms with van der Waals surface area (Å²) < 4.78 is 31.9. The van der Waals surface area contributed by atoms with Crippen molar-refractivity contribution in [3.63, 3.8) is 0 Å². The van der Waals surface area contributed by atoms with Crippen LogP contribution >= 0.6 is 0 Å². The molecule has 0 aromatic heterocycles. The van der Waals surface area contributed by atoms with Gasteiger partial charge < -0.3 is 10.5 Å². The fraction of sp³-hybridized carbons (Fsp3) is 0.500. The number of methoxy groups -OCH3 is 1. The molecule has 3 rings (SSSR count). The quantitative estimate of drug-likeness (QED) is 0.670. The minimum Gasteiger partial charge on any atom is -0.465 e. The molecule has 2 unspecified atom stereocenters. The number of benzene rings is 1. The summed E-state index contributed by atoms with van der Waals surface area (Å²) in [5.41, 5.74) is 5.99. The molecule has 1 aromatic carbocycles. The molecule has 2 N–H and O–H groups in total. The molecule has 1 saturated carbocycles. The van der Waals surface area contributed by atoms with Crippen molar-refractivity contribution in [1.29, 1.82) is 0 Å². The van der Waals surface area contributed by atoms with E-state index in [2.05, 4.69) is 4.74 Å². The van der Waals surface area contributed by atoms with Crippen LogP contribution in [0.5, 0.6) is 0 Å². The van der Waals surface area contributed by atoms with Gasteiger partial charge in [0.1, 0.15) is 0 Å². The number of carbonyl (C=O) groups excluding carboxylic acids is 1. The molecule has 1 aromatic rings. The fourth-order valence-electron chi connectivity index (χ4n) is 3.34. The first-order valence-electron chi connectivity index (χ1n) is 6.93. The zero-order valence-electron chi connectivity index (χ0n) is 11.8. The number of sulfonamides is 1. The minimum atomic E-state index is -3.70. The smallest absolute Gasteiger partial charge is 0.339 e. The summed E-state index contributed by atoms with van der Waals surface area (Å²) in [5, 5.41) is 0. The summed E-state index contributed by atoms with van der Waals surface area (Å²) >= 11 is 0. The van der Waals surface area contributed by atoms with Gasteiger partial charge in [-0.15, -0.1) is 0 Å². The van der Waals surface area contributed by atoms with E-state index in [0.717, 1.165) is 19.3 Å². The second-order valence-electron chi connectivity index (χ2n) is 5.65. The van der Waals surface area contributed by atoms with Crippen LogP contribution in [0.1, 0.15) is 29.6 Å². The first kappa shape index (κ1) is 14.3. The predicted molar refractivity (Wildman–Crippen MR) is 77.2 cm³/mol. The van der Waals surface area contributed by atoms with Crippen LogP contribution in [0.3, 0.4) is 0 Å². The van der Waals surface area contributed by atoms with Crippen LogP contribution in [0, 0.1) is 5.92 Å². The maximum Gasteiger partial charge on any atom is 0.339 e. The molecule has 2 aliphatic rings. The van der Waals surface area contributed by atoms with Crippen molar-refractivity contribution in [1.82, 2.24) is 4.31 Å². The summed E-state index contributed by atoms with van der Waals surface area (Å²) in [7, 11) is -2.47. The molecule has 114 valence electrons. The van der Waals surface area contributed by atoms with Crippen LogP contribution in [-0.4, -0.2) is 38.4 Å². The number of piperidine rings is 1. The van der Waals surface area contributed by atoms with Gasteiger partial charge in [0, 0.05) is 18.3 Å². The molecule has 2 atom stereocenters. The Kier molecular flexibility index (Phi) is 3.41. The molecular formula is C14H18N2O4S. The molecule has 7 heteroatoms. The van der Waals surface area contributed by atoms with Gasteiger partial charge in [0.15, 0.2) is 0 Å². The molecule has 0 radical (unpaired) electrons. The van der Waals surface area contributed by atoms with E-state index >= 15 is 0 Å². The number of hydrogen-bond donors (Lipinski definition) is 1. The lowest BCUT2D eigenvalue weighted by atomic mass is 10.1. The van der Waals surface area contributed by atoms with Crippen LogP contribution < -0.4 is 5.73 Å². The lowest BCUT2D eigenvalue weighted by Crippen LogP contribution is -2.38. The molecule has 1 aliphatic carbocycles. The van der Waals surface area contributed by atoms with Crippen LogP contribution in [0.4, 0.5) is 5.69 Å². The molecule has 2 fully saturated rings. The van der Waals surface area contributed by atoms with Gasteiger partial charge in [-0.3, -0.25) is 0 Å². The SMILES string of the molecule is COC(=O)c1cc(N)ccc1S(=O)(=O)N1CC2CCC1C2. The standard InChI is InChI=1S/C14H18N2O4S/c1-20-14(17)12-7-10(15)3-5-13(12)21(18,19)16-8-9-2-4-11(16)6-9/h3,5,7,9,11H,2,4,6,8,15H2,1H3. The van der Waals surface area contributed by atoms with E-state index in [4.69, 9.17) is 5.73 Å². The van der Waals surface area contributed by atoms with Crippen molar-refractivity contribution in [2.75, 3.05) is 19.4 Å². The van der Waals surface area contributed by atoms with Gasteiger partial charge in [-0.05, 0) is 43.4 Å². The summed E-state index contributed by atoms with van der Waals surface area (Å²) in [6.45, 7) is 0.540. The number of fused-ring (bicyclic) bond motifs is 2. The largest absolute Gasteiger partial charge is 0.465 e. The highest BCUT2D eigenvalue weighted by Gasteiger charge is 2.45. The molecule has 2 bridgehead atoms. The molecule has 6 nitrogen and oxygen atoms in total. The van der Waals surface area contributed by atoms with Crippen LogP contribution in [0.2, 0.25) is 0 Å². The summed E-state index contributed by atoms with van der Waals surface area (Å²) in [5.74, 6) is -0.245. The first-order valence-corrected chi connectivity index (χ1v) is 8.37. The number of hydrogen-bond acceptors (Lipinski definition) is 5. The Hall–Kier alpha value is -1.60. The van der Waals surface area contributed by atoms with Crippen molar-refractivity contribution in [3.8, 4) is 0 Å². The molecule has 1 saturated heterocycles. The normalized spacial score (nSPS) is 25.2. The lowest BCUT2D eigenvalue weighted by molar-refractivity contribution is 0.0596. The van der Waals surface area contributed by atoms with Crippen molar-refractivity contribution in [2.45, 2.75) is 30.2 Å². The van der Waals surface area contributed by atoms with Gasteiger partial charge in [0.2, 0.25) is 10.0 Å². The Morgan fingerprint density at radius 2 is 2.14 bits per heavy atom. The van der Waals surface area contributed by atoms with Gasteiger partial charge in [0.25, 0.3) is 0 Å². The van der Waals surface area contributed by atoms with Gasteiger partial charge in [-0.25, -0.2) is 13.2 Å². The molecule has 1 heterocycles. The summed E-state index contributed by atoms with van der Waals surface area (Å²) in [6, 6.07) is 4.30. The number of nitrogens with zero attached hydrogens (tertiary/aromatic N) is 1. The van der Waals surface area contributed by atoms with Crippen LogP contribution in [0.25, 0.3) is 0 Å². The monoisotopic (exact) mass is 310 g/mol. The second kappa shape index (κ2) is 4.99. The summed E-state index contributed by atoms with van der Waals surface area (Å²) in [6.07, 6.45) is 2.90. The molecule has 0 spiro atoms. The van der Waals surface area contributed by atoms with Crippen molar-refractivity contribution >= 4 is 21.7 Å². The third kappa shape index (κ3) is 2.30. The van der Waals surface area contributed by atoms with Gasteiger partial charge >= 0.3 is 5.97 Å². The zero-order valence-corrected chi connectivity index (χ0v) is 12.6. The van der Waals surface area contributed by atoms with E-state index in [1.807, 2.05) is 0 Å². The number of rotatable bonds is 3. The van der Waals surface area contributed by atoms with Crippen LogP contribution in [-0.2, 0) is 14.8 Å². The number of esters is 1. The van der Waals surface area contributed by atoms with Gasteiger partial charge in [0.05, 0.1) is 17.6 Å². The Bertz CT molecular complexity index is 686. The number of nitrogens with two attached hydrogens (primary N) is 1. The highest BCUT2D eigenvalue weighted by Crippen LogP contribution is 2.41. The van der Waals surface area contributed by atoms with Crippen molar-refractivity contribution < 1.29 is 17.9 Å². The average Bonchev–Trinajstić information content (AvgIpc) is 3.09. The summed E-state index contributed by atoms with van der Waals surface area (Å²) in [4.78, 5) is 11.8. The maximum absolute atomic E-state index is 12.9. The molecule has 1 aliphatic heterocycles. The Labute approximate surface area is 123 Å². The van der Waals surface area contributed by atoms with Crippen LogP contribution in [0.15, 0.2) is 23.1 Å². The molecule has 0 amide bonds. The Morgan fingerprint density at radius 3 is 2.71 bits per heavy atom. The second-order valence-corrected chi connectivity index (χ2v) is 7.51. The number of ether oxygens (including phenoxy) is 1. The predicted octanol–water partition coefficient (Wildman–Crippen LogP) is 1.23. The first-order chi connectivity index (χ1) is 9.93. The van der Waals surface area contributed by atoms with E-state index < -0.39 is 16.0 Å². The molecule has 21 heavy (non-hydrogen) atoms. The number of nitrogen functional groups attached to an aromatic ring is 1. The topological polar surface area (TPSA) is 89.7 Å². The Balaban J connectivity index is 2.05. The molecular weight excluding hydrogens is 292 g/mol. The van der Waals surface area contributed by atoms with E-state index in [1.54, 1.807) is 0 Å². The number of anilines is 1. The lowest BCUT2D eigenvalue weighted by Gasteiger charge is -2.26. The highest BCUT2D eigenvalue weighted by molar-refractivity contribution is 7.89. The highest BCUT2D eigenvalue weighted by atomic mass is 32.2. The van der Waals surface area contributed by atoms with Gasteiger partial charge in [-0.1, -0.05) is 0 Å². The third-order valence-electron chi connectivity index (χ3n) is 4.35.